The highest BCUT2D eigenvalue weighted by atomic mass is 16.5. The zero-order valence-corrected chi connectivity index (χ0v) is 10.4. The van der Waals surface area contributed by atoms with Gasteiger partial charge in [-0.05, 0) is 44.5 Å². The van der Waals surface area contributed by atoms with Gasteiger partial charge in [0.2, 0.25) is 5.88 Å². The van der Waals surface area contributed by atoms with Gasteiger partial charge in [0, 0.05) is 24.8 Å². The lowest BCUT2D eigenvalue weighted by atomic mass is 10.1. The van der Waals surface area contributed by atoms with Crippen LogP contribution in [0.3, 0.4) is 0 Å². The third-order valence-corrected chi connectivity index (χ3v) is 3.14. The predicted molar refractivity (Wildman–Crippen MR) is 68.0 cm³/mol. The quantitative estimate of drug-likeness (QED) is 0.841. The molecule has 94 valence electrons. The zero-order chi connectivity index (χ0) is 12.1. The molecule has 0 bridgehead atoms. The largest absolute Gasteiger partial charge is 0.476 e. The van der Waals surface area contributed by atoms with Crippen LogP contribution in [0.4, 0.5) is 0 Å². The number of hydrogen-bond donors (Lipinski definition) is 1. The van der Waals surface area contributed by atoms with Crippen molar-refractivity contribution in [3.63, 3.8) is 0 Å². The number of pyridine rings is 1. The summed E-state index contributed by atoms with van der Waals surface area (Å²) in [6.07, 6.45) is 4.39. The Bertz CT molecular complexity index is 348. The number of hydrogen-bond acceptors (Lipinski definition) is 4. The summed E-state index contributed by atoms with van der Waals surface area (Å²) in [5.74, 6) is 0.680. The van der Waals surface area contributed by atoms with Crippen molar-refractivity contribution in [2.75, 3.05) is 26.2 Å². The van der Waals surface area contributed by atoms with Gasteiger partial charge >= 0.3 is 0 Å². The van der Waals surface area contributed by atoms with Crippen molar-refractivity contribution >= 4 is 0 Å². The molecule has 0 unspecified atom stereocenters. The number of likely N-dealkylation sites (tertiary alicyclic amines) is 1. The van der Waals surface area contributed by atoms with Crippen molar-refractivity contribution in [1.29, 1.82) is 0 Å². The normalized spacial score (nSPS) is 18.2. The van der Waals surface area contributed by atoms with Gasteiger partial charge < -0.3 is 10.5 Å². The Labute approximate surface area is 103 Å². The van der Waals surface area contributed by atoms with E-state index in [0.717, 1.165) is 12.1 Å². The molecule has 0 radical (unpaired) electrons. The summed E-state index contributed by atoms with van der Waals surface area (Å²) >= 11 is 0. The Morgan fingerprint density at radius 2 is 2.24 bits per heavy atom. The SMILES string of the molecule is C[C@H](N)c1ccnc(OCCN2CCCC2)c1. The molecule has 0 saturated carbocycles. The van der Waals surface area contributed by atoms with E-state index < -0.39 is 0 Å². The van der Waals surface area contributed by atoms with Crippen molar-refractivity contribution in [1.82, 2.24) is 9.88 Å². The smallest absolute Gasteiger partial charge is 0.213 e. The molecule has 1 aromatic heterocycles. The average molecular weight is 235 g/mol. The lowest BCUT2D eigenvalue weighted by molar-refractivity contribution is 0.232. The molecule has 1 aliphatic rings. The minimum Gasteiger partial charge on any atom is -0.476 e. The molecular weight excluding hydrogens is 214 g/mol. The molecule has 17 heavy (non-hydrogen) atoms. The second kappa shape index (κ2) is 5.98. The van der Waals surface area contributed by atoms with Crippen molar-refractivity contribution in [3.8, 4) is 5.88 Å². The van der Waals surface area contributed by atoms with E-state index in [1.807, 2.05) is 19.1 Å². The Morgan fingerprint density at radius 1 is 1.47 bits per heavy atom. The zero-order valence-electron chi connectivity index (χ0n) is 10.4. The molecule has 2 rings (SSSR count). The van der Waals surface area contributed by atoms with Gasteiger partial charge in [0.25, 0.3) is 0 Å². The van der Waals surface area contributed by atoms with Gasteiger partial charge in [-0.25, -0.2) is 4.98 Å². The van der Waals surface area contributed by atoms with Crippen LogP contribution in [0.5, 0.6) is 5.88 Å². The summed E-state index contributed by atoms with van der Waals surface area (Å²) in [5, 5.41) is 0. The van der Waals surface area contributed by atoms with Crippen LogP contribution in [-0.4, -0.2) is 36.1 Å². The van der Waals surface area contributed by atoms with Gasteiger partial charge in [0.05, 0.1) is 0 Å². The molecule has 1 aliphatic heterocycles. The van der Waals surface area contributed by atoms with Gasteiger partial charge in [0.15, 0.2) is 0 Å². The molecule has 0 spiro atoms. The van der Waals surface area contributed by atoms with Gasteiger partial charge in [0.1, 0.15) is 6.61 Å². The molecule has 1 atom stereocenters. The minimum atomic E-state index is 0.0268. The lowest BCUT2D eigenvalue weighted by Gasteiger charge is -2.15. The van der Waals surface area contributed by atoms with E-state index in [-0.39, 0.29) is 6.04 Å². The van der Waals surface area contributed by atoms with E-state index in [1.54, 1.807) is 6.20 Å². The number of rotatable bonds is 5. The van der Waals surface area contributed by atoms with Crippen molar-refractivity contribution in [2.45, 2.75) is 25.8 Å². The van der Waals surface area contributed by atoms with Crippen LogP contribution >= 0.6 is 0 Å². The van der Waals surface area contributed by atoms with Crippen LogP contribution < -0.4 is 10.5 Å². The molecule has 1 saturated heterocycles. The average Bonchev–Trinajstić information content (AvgIpc) is 2.82. The molecule has 0 aromatic carbocycles. The molecule has 2 N–H and O–H groups in total. The first-order valence-electron chi connectivity index (χ1n) is 6.32. The van der Waals surface area contributed by atoms with Gasteiger partial charge in [-0.15, -0.1) is 0 Å². The van der Waals surface area contributed by atoms with E-state index in [9.17, 15) is 0 Å². The number of nitrogens with zero attached hydrogens (tertiary/aromatic N) is 2. The maximum Gasteiger partial charge on any atom is 0.213 e. The van der Waals surface area contributed by atoms with Crippen LogP contribution in [-0.2, 0) is 0 Å². The second-order valence-electron chi connectivity index (χ2n) is 4.61. The van der Waals surface area contributed by atoms with Gasteiger partial charge in [-0.2, -0.15) is 0 Å². The van der Waals surface area contributed by atoms with Crippen molar-refractivity contribution in [3.05, 3.63) is 23.9 Å². The fourth-order valence-electron chi connectivity index (χ4n) is 2.07. The lowest BCUT2D eigenvalue weighted by Crippen LogP contribution is -2.25. The van der Waals surface area contributed by atoms with Crippen LogP contribution in [0.1, 0.15) is 31.4 Å². The highest BCUT2D eigenvalue weighted by Gasteiger charge is 2.11. The number of aromatic nitrogens is 1. The molecule has 1 aromatic rings. The molecule has 0 aliphatic carbocycles. The predicted octanol–water partition coefficient (Wildman–Crippen LogP) is 1.58. The van der Waals surface area contributed by atoms with E-state index in [2.05, 4.69) is 9.88 Å². The van der Waals surface area contributed by atoms with Gasteiger partial charge in [-0.3, -0.25) is 4.90 Å². The third kappa shape index (κ3) is 3.68. The molecule has 1 fully saturated rings. The summed E-state index contributed by atoms with van der Waals surface area (Å²) in [7, 11) is 0. The van der Waals surface area contributed by atoms with Crippen LogP contribution in [0.2, 0.25) is 0 Å². The summed E-state index contributed by atoms with van der Waals surface area (Å²) in [6.45, 7) is 6.07. The maximum atomic E-state index is 5.82. The van der Waals surface area contributed by atoms with E-state index in [4.69, 9.17) is 10.5 Å². The molecule has 2 heterocycles. The first kappa shape index (κ1) is 12.3. The monoisotopic (exact) mass is 235 g/mol. The van der Waals surface area contributed by atoms with E-state index >= 15 is 0 Å². The summed E-state index contributed by atoms with van der Waals surface area (Å²) in [5.41, 5.74) is 6.89. The van der Waals surface area contributed by atoms with Crippen LogP contribution in [0.25, 0.3) is 0 Å². The fourth-order valence-corrected chi connectivity index (χ4v) is 2.07. The summed E-state index contributed by atoms with van der Waals surface area (Å²) in [4.78, 5) is 6.62. The van der Waals surface area contributed by atoms with Gasteiger partial charge in [-0.1, -0.05) is 0 Å². The van der Waals surface area contributed by atoms with Crippen molar-refractivity contribution < 1.29 is 4.74 Å². The van der Waals surface area contributed by atoms with Crippen LogP contribution in [0, 0.1) is 0 Å². The highest BCUT2D eigenvalue weighted by molar-refractivity contribution is 5.22. The number of nitrogens with two attached hydrogens (primary N) is 1. The second-order valence-corrected chi connectivity index (χ2v) is 4.61. The Morgan fingerprint density at radius 3 is 2.94 bits per heavy atom. The van der Waals surface area contributed by atoms with Crippen molar-refractivity contribution in [2.24, 2.45) is 5.73 Å². The van der Waals surface area contributed by atoms with E-state index in [0.29, 0.717) is 12.5 Å². The molecule has 0 amide bonds. The highest BCUT2D eigenvalue weighted by Crippen LogP contribution is 2.14. The standard InChI is InChI=1S/C13H21N3O/c1-11(14)12-4-5-15-13(10-12)17-9-8-16-6-2-3-7-16/h4-5,10-11H,2-3,6-9,14H2,1H3/t11-/m0/s1. The first-order valence-corrected chi connectivity index (χ1v) is 6.32. The Balaban J connectivity index is 1.79. The maximum absolute atomic E-state index is 5.82. The summed E-state index contributed by atoms with van der Waals surface area (Å²) < 4.78 is 5.65. The van der Waals surface area contributed by atoms with Crippen LogP contribution in [0.15, 0.2) is 18.3 Å². The molecular formula is C13H21N3O. The number of ether oxygens (including phenoxy) is 1. The molecule has 4 nitrogen and oxygen atoms in total. The van der Waals surface area contributed by atoms with E-state index in [1.165, 1.54) is 25.9 Å². The Hall–Kier alpha value is -1.13. The minimum absolute atomic E-state index is 0.0268. The fraction of sp³-hybridized carbons (Fsp3) is 0.615. The Kier molecular flexibility index (Phi) is 4.34. The first-order chi connectivity index (χ1) is 8.25. The topological polar surface area (TPSA) is 51.4 Å². The third-order valence-electron chi connectivity index (χ3n) is 3.14. The summed E-state index contributed by atoms with van der Waals surface area (Å²) in [6, 6.07) is 3.88. The molecule has 4 heteroatoms.